The number of carbonyl (C=O) groups is 1. The normalized spacial score (nSPS) is 15.0. The molecule has 2 aromatic rings. The van der Waals surface area contributed by atoms with Crippen molar-refractivity contribution in [2.24, 2.45) is 5.10 Å². The van der Waals surface area contributed by atoms with Gasteiger partial charge in [-0.2, -0.15) is 5.10 Å². The van der Waals surface area contributed by atoms with Crippen LogP contribution in [0.5, 0.6) is 0 Å². The van der Waals surface area contributed by atoms with E-state index < -0.39 is 4.92 Å². The van der Waals surface area contributed by atoms with Crippen molar-refractivity contribution < 1.29 is 9.72 Å². The summed E-state index contributed by atoms with van der Waals surface area (Å²) >= 11 is 0. The number of non-ortho nitro benzene ring substituents is 1. The van der Waals surface area contributed by atoms with Gasteiger partial charge >= 0.3 is 0 Å². The number of hydrogen-bond acceptors (Lipinski definition) is 6. The summed E-state index contributed by atoms with van der Waals surface area (Å²) in [7, 11) is 2.07. The van der Waals surface area contributed by atoms with E-state index in [2.05, 4.69) is 27.4 Å². The zero-order valence-corrected chi connectivity index (χ0v) is 16.0. The average Bonchev–Trinajstić information content (AvgIpc) is 2.68. The van der Waals surface area contributed by atoms with Gasteiger partial charge in [0, 0.05) is 55.1 Å². The first-order valence-electron chi connectivity index (χ1n) is 9.06. The van der Waals surface area contributed by atoms with E-state index in [0.717, 1.165) is 37.4 Å². The van der Waals surface area contributed by atoms with E-state index in [-0.39, 0.29) is 11.6 Å². The maximum absolute atomic E-state index is 12.2. The lowest BCUT2D eigenvalue weighted by atomic mass is 10.1. The largest absolute Gasteiger partial charge is 0.368 e. The van der Waals surface area contributed by atoms with Crippen LogP contribution in [0.15, 0.2) is 47.6 Å². The van der Waals surface area contributed by atoms with Crippen LogP contribution < -0.4 is 10.3 Å². The van der Waals surface area contributed by atoms with Crippen molar-refractivity contribution in [3.8, 4) is 0 Å². The van der Waals surface area contributed by atoms with E-state index in [1.54, 1.807) is 24.3 Å². The highest BCUT2D eigenvalue weighted by atomic mass is 16.6. The van der Waals surface area contributed by atoms with Gasteiger partial charge in [0.25, 0.3) is 11.6 Å². The Morgan fingerprint density at radius 1 is 1.18 bits per heavy atom. The van der Waals surface area contributed by atoms with Crippen molar-refractivity contribution in [1.82, 2.24) is 10.3 Å². The fourth-order valence-corrected chi connectivity index (χ4v) is 3.11. The Morgan fingerprint density at radius 2 is 1.93 bits per heavy atom. The number of carbonyl (C=O) groups excluding carboxylic acids is 1. The Labute approximate surface area is 163 Å². The standard InChI is InChI=1S/C20H23N5O3/c1-15-4-3-5-16(12-15)20(26)22-21-14-17-13-18(25(27)28)6-7-19(17)24-10-8-23(2)9-11-24/h3-7,12-14H,8-11H2,1-2H3,(H,22,26)/b21-14-. The first-order valence-corrected chi connectivity index (χ1v) is 9.06. The van der Waals surface area contributed by atoms with Gasteiger partial charge in [0.05, 0.1) is 11.1 Å². The fraction of sp³-hybridized carbons (Fsp3) is 0.300. The molecule has 1 heterocycles. The Bertz CT molecular complexity index is 904. The molecule has 0 spiro atoms. The summed E-state index contributed by atoms with van der Waals surface area (Å²) in [5.74, 6) is -0.327. The average molecular weight is 381 g/mol. The molecule has 1 aliphatic rings. The lowest BCUT2D eigenvalue weighted by Gasteiger charge is -2.34. The van der Waals surface area contributed by atoms with E-state index in [9.17, 15) is 14.9 Å². The molecule has 8 nitrogen and oxygen atoms in total. The second-order valence-electron chi connectivity index (χ2n) is 6.86. The second kappa shape index (κ2) is 8.62. The number of rotatable bonds is 5. The number of anilines is 1. The number of nitrogens with one attached hydrogen (secondary N) is 1. The minimum Gasteiger partial charge on any atom is -0.368 e. The number of benzene rings is 2. The Balaban J connectivity index is 1.80. The van der Waals surface area contributed by atoms with Crippen LogP contribution in [0.2, 0.25) is 0 Å². The predicted molar refractivity (Wildman–Crippen MR) is 109 cm³/mol. The predicted octanol–water partition coefficient (Wildman–Crippen LogP) is 2.42. The second-order valence-corrected chi connectivity index (χ2v) is 6.86. The molecular formula is C20H23N5O3. The van der Waals surface area contributed by atoms with Crippen LogP contribution in [-0.4, -0.2) is 55.2 Å². The summed E-state index contributed by atoms with van der Waals surface area (Å²) in [4.78, 5) is 27.4. The van der Waals surface area contributed by atoms with Crippen molar-refractivity contribution in [2.75, 3.05) is 38.1 Å². The molecule has 0 saturated carbocycles. The lowest BCUT2D eigenvalue weighted by molar-refractivity contribution is -0.384. The molecule has 0 bridgehead atoms. The van der Waals surface area contributed by atoms with Crippen molar-refractivity contribution in [3.63, 3.8) is 0 Å². The molecule has 146 valence electrons. The van der Waals surface area contributed by atoms with E-state index in [1.165, 1.54) is 18.3 Å². The van der Waals surface area contributed by atoms with Crippen LogP contribution in [0.1, 0.15) is 21.5 Å². The number of likely N-dealkylation sites (N-methyl/N-ethyl adjacent to an activating group) is 1. The fourth-order valence-electron chi connectivity index (χ4n) is 3.11. The van der Waals surface area contributed by atoms with Crippen molar-refractivity contribution in [2.45, 2.75) is 6.92 Å². The molecule has 1 fully saturated rings. The Morgan fingerprint density at radius 3 is 2.61 bits per heavy atom. The third kappa shape index (κ3) is 4.72. The van der Waals surface area contributed by atoms with Crippen LogP contribution in [0.4, 0.5) is 11.4 Å². The van der Waals surface area contributed by atoms with Gasteiger partial charge in [0.15, 0.2) is 0 Å². The molecule has 0 aromatic heterocycles. The van der Waals surface area contributed by atoms with E-state index in [0.29, 0.717) is 11.1 Å². The van der Waals surface area contributed by atoms with Crippen LogP contribution >= 0.6 is 0 Å². The molecule has 2 aromatic carbocycles. The maximum atomic E-state index is 12.2. The Hall–Kier alpha value is -3.26. The molecule has 1 saturated heterocycles. The number of aryl methyl sites for hydroxylation is 1. The zero-order chi connectivity index (χ0) is 20.1. The van der Waals surface area contributed by atoms with E-state index in [4.69, 9.17) is 0 Å². The quantitative estimate of drug-likeness (QED) is 0.488. The maximum Gasteiger partial charge on any atom is 0.271 e. The molecule has 0 radical (unpaired) electrons. The van der Waals surface area contributed by atoms with Crippen molar-refractivity contribution in [3.05, 3.63) is 69.3 Å². The number of nitro groups is 1. The van der Waals surface area contributed by atoms with Gasteiger partial charge < -0.3 is 9.80 Å². The zero-order valence-electron chi connectivity index (χ0n) is 16.0. The van der Waals surface area contributed by atoms with Crippen LogP contribution in [0, 0.1) is 17.0 Å². The first kappa shape index (κ1) is 19.5. The molecule has 0 aliphatic carbocycles. The highest BCUT2D eigenvalue weighted by Crippen LogP contribution is 2.25. The highest BCUT2D eigenvalue weighted by molar-refractivity contribution is 5.96. The smallest absolute Gasteiger partial charge is 0.271 e. The van der Waals surface area contributed by atoms with Gasteiger partial charge in [0.2, 0.25) is 0 Å². The minimum absolute atomic E-state index is 0.00987. The molecule has 0 atom stereocenters. The number of hydrogen-bond donors (Lipinski definition) is 1. The van der Waals surface area contributed by atoms with Crippen LogP contribution in [0.3, 0.4) is 0 Å². The van der Waals surface area contributed by atoms with Gasteiger partial charge in [0.1, 0.15) is 0 Å². The summed E-state index contributed by atoms with van der Waals surface area (Å²) in [6.45, 7) is 5.39. The molecule has 1 amide bonds. The number of nitrogens with zero attached hydrogens (tertiary/aromatic N) is 4. The van der Waals surface area contributed by atoms with Crippen LogP contribution in [-0.2, 0) is 0 Å². The highest BCUT2D eigenvalue weighted by Gasteiger charge is 2.18. The molecular weight excluding hydrogens is 358 g/mol. The molecule has 28 heavy (non-hydrogen) atoms. The molecule has 1 N–H and O–H groups in total. The number of hydrazone groups is 1. The lowest BCUT2D eigenvalue weighted by Crippen LogP contribution is -2.44. The topological polar surface area (TPSA) is 91.1 Å². The van der Waals surface area contributed by atoms with E-state index in [1.807, 2.05) is 13.0 Å². The summed E-state index contributed by atoms with van der Waals surface area (Å²) < 4.78 is 0. The van der Waals surface area contributed by atoms with Crippen molar-refractivity contribution in [1.29, 1.82) is 0 Å². The third-order valence-corrected chi connectivity index (χ3v) is 4.72. The third-order valence-electron chi connectivity index (χ3n) is 4.72. The number of amides is 1. The summed E-state index contributed by atoms with van der Waals surface area (Å²) in [6, 6.07) is 11.9. The summed E-state index contributed by atoms with van der Waals surface area (Å²) in [5, 5.41) is 15.2. The first-order chi connectivity index (χ1) is 13.4. The van der Waals surface area contributed by atoms with E-state index >= 15 is 0 Å². The molecule has 1 aliphatic heterocycles. The molecule has 0 unspecified atom stereocenters. The monoisotopic (exact) mass is 381 g/mol. The van der Waals surface area contributed by atoms with Crippen LogP contribution in [0.25, 0.3) is 0 Å². The van der Waals surface area contributed by atoms with Gasteiger partial charge in [-0.3, -0.25) is 14.9 Å². The van der Waals surface area contributed by atoms with Gasteiger partial charge in [-0.25, -0.2) is 5.43 Å². The van der Waals surface area contributed by atoms with Gasteiger partial charge in [-0.1, -0.05) is 17.7 Å². The van der Waals surface area contributed by atoms with Gasteiger partial charge in [-0.15, -0.1) is 0 Å². The van der Waals surface area contributed by atoms with Crippen molar-refractivity contribution >= 4 is 23.5 Å². The molecule has 3 rings (SSSR count). The number of piperazine rings is 1. The number of nitro benzene ring substituents is 1. The summed E-state index contributed by atoms with van der Waals surface area (Å²) in [5.41, 5.74) is 5.44. The summed E-state index contributed by atoms with van der Waals surface area (Å²) in [6.07, 6.45) is 1.47. The SMILES string of the molecule is Cc1cccc(C(=O)N/N=C\c2cc([N+](=O)[O-])ccc2N2CCN(C)CC2)c1. The minimum atomic E-state index is -0.434. The molecule has 8 heteroatoms. The van der Waals surface area contributed by atoms with Gasteiger partial charge in [-0.05, 0) is 32.2 Å². The Kier molecular flexibility index (Phi) is 6.00.